The van der Waals surface area contributed by atoms with E-state index in [1.165, 1.54) is 0 Å². The lowest BCUT2D eigenvalue weighted by Gasteiger charge is -2.21. The Labute approximate surface area is 119 Å². The van der Waals surface area contributed by atoms with Crippen LogP contribution >= 0.6 is 0 Å². The molecule has 2 aromatic rings. The molecule has 2 unspecified atom stereocenters. The van der Waals surface area contributed by atoms with Gasteiger partial charge < -0.3 is 4.74 Å². The van der Waals surface area contributed by atoms with Gasteiger partial charge in [-0.25, -0.2) is 4.79 Å². The molecule has 0 aliphatic rings. The van der Waals surface area contributed by atoms with Gasteiger partial charge in [-0.05, 0) is 24.6 Å². The Morgan fingerprint density at radius 3 is 2.10 bits per heavy atom. The van der Waals surface area contributed by atoms with Gasteiger partial charge in [0.15, 0.2) is 0 Å². The number of carbonyl (C=O) groups is 1. The molecule has 1 amide bonds. The lowest BCUT2D eigenvalue weighted by Crippen LogP contribution is -2.24. The second kappa shape index (κ2) is 6.75. The molecular weight excluding hydrogens is 250 g/mol. The summed E-state index contributed by atoms with van der Waals surface area (Å²) in [6, 6.07) is 19.3. The van der Waals surface area contributed by atoms with Crippen LogP contribution in [0.5, 0.6) is 0 Å². The van der Waals surface area contributed by atoms with Gasteiger partial charge in [0.05, 0.1) is 0 Å². The summed E-state index contributed by atoms with van der Waals surface area (Å²) in [6.07, 6.45) is -0.618. The highest BCUT2D eigenvalue weighted by atomic mass is 16.6. The number of nitrogens with one attached hydrogen (secondary N) is 1. The number of para-hydroxylation sites is 1. The van der Waals surface area contributed by atoms with Crippen molar-refractivity contribution in [2.45, 2.75) is 25.9 Å². The fourth-order valence-corrected chi connectivity index (χ4v) is 1.97. The highest BCUT2D eigenvalue weighted by molar-refractivity contribution is 5.84. The van der Waals surface area contributed by atoms with Crippen molar-refractivity contribution in [2.75, 3.05) is 5.32 Å². The number of carbonyl (C=O) groups excluding carboxylic acids is 1. The van der Waals surface area contributed by atoms with Crippen LogP contribution in [-0.2, 0) is 4.74 Å². The van der Waals surface area contributed by atoms with Gasteiger partial charge >= 0.3 is 6.09 Å². The molecule has 20 heavy (non-hydrogen) atoms. The Morgan fingerprint density at radius 1 is 0.950 bits per heavy atom. The molecule has 0 fully saturated rings. The fraction of sp³-hybridized carbons (Fsp3) is 0.235. The minimum atomic E-state index is -0.425. The van der Waals surface area contributed by atoms with Crippen LogP contribution in [0.4, 0.5) is 10.5 Å². The van der Waals surface area contributed by atoms with Gasteiger partial charge in [-0.3, -0.25) is 5.32 Å². The second-order valence-corrected chi connectivity index (χ2v) is 4.80. The van der Waals surface area contributed by atoms with Crippen LogP contribution < -0.4 is 5.32 Å². The number of hydrogen-bond donors (Lipinski definition) is 1. The smallest absolute Gasteiger partial charge is 0.411 e. The Kier molecular flexibility index (Phi) is 4.77. The lowest BCUT2D eigenvalue weighted by atomic mass is 9.96. The monoisotopic (exact) mass is 269 g/mol. The van der Waals surface area contributed by atoms with E-state index in [0.717, 1.165) is 11.3 Å². The first-order valence-corrected chi connectivity index (χ1v) is 6.74. The van der Waals surface area contributed by atoms with Crippen molar-refractivity contribution in [3.05, 3.63) is 66.2 Å². The first kappa shape index (κ1) is 14.1. The third kappa shape index (κ3) is 3.85. The van der Waals surface area contributed by atoms with Gasteiger partial charge in [0.1, 0.15) is 6.10 Å². The zero-order valence-electron chi connectivity index (χ0n) is 11.7. The van der Waals surface area contributed by atoms with E-state index in [4.69, 9.17) is 4.74 Å². The molecular formula is C17H19NO2. The summed E-state index contributed by atoms with van der Waals surface area (Å²) in [5, 5.41) is 2.72. The standard InChI is InChI=1S/C17H19NO2/c1-13(15-9-5-3-6-10-15)14(2)20-17(19)18-16-11-7-4-8-12-16/h3-14H,1-2H3,(H,18,19). The summed E-state index contributed by atoms with van der Waals surface area (Å²) in [5.74, 6) is 0.151. The number of rotatable bonds is 4. The molecule has 2 rings (SSSR count). The van der Waals surface area contributed by atoms with E-state index in [-0.39, 0.29) is 12.0 Å². The molecule has 0 heterocycles. The van der Waals surface area contributed by atoms with E-state index in [9.17, 15) is 4.79 Å². The van der Waals surface area contributed by atoms with Crippen molar-refractivity contribution in [1.29, 1.82) is 0 Å². The van der Waals surface area contributed by atoms with Crippen LogP contribution in [0.3, 0.4) is 0 Å². The summed E-state index contributed by atoms with van der Waals surface area (Å²) in [7, 11) is 0. The first-order valence-electron chi connectivity index (χ1n) is 6.74. The summed E-state index contributed by atoms with van der Waals surface area (Å²) in [4.78, 5) is 11.8. The molecule has 0 bridgehead atoms. The number of hydrogen-bond acceptors (Lipinski definition) is 2. The Balaban J connectivity index is 1.91. The molecule has 104 valence electrons. The predicted octanol–water partition coefficient (Wildman–Crippen LogP) is 4.43. The summed E-state index contributed by atoms with van der Waals surface area (Å²) < 4.78 is 5.42. The lowest BCUT2D eigenvalue weighted by molar-refractivity contribution is 0.108. The number of ether oxygens (including phenoxy) is 1. The molecule has 0 radical (unpaired) electrons. The fourth-order valence-electron chi connectivity index (χ4n) is 1.97. The molecule has 2 atom stereocenters. The SMILES string of the molecule is CC(OC(=O)Nc1ccccc1)C(C)c1ccccc1. The normalized spacial score (nSPS) is 13.3. The summed E-state index contributed by atoms with van der Waals surface area (Å²) in [6.45, 7) is 3.96. The van der Waals surface area contributed by atoms with Crippen LogP contribution in [0.15, 0.2) is 60.7 Å². The van der Waals surface area contributed by atoms with Crippen molar-refractivity contribution in [3.63, 3.8) is 0 Å². The van der Waals surface area contributed by atoms with Crippen LogP contribution in [0.25, 0.3) is 0 Å². The number of amides is 1. The highest BCUT2D eigenvalue weighted by Gasteiger charge is 2.18. The van der Waals surface area contributed by atoms with Crippen LogP contribution in [-0.4, -0.2) is 12.2 Å². The molecule has 2 aromatic carbocycles. The van der Waals surface area contributed by atoms with Gasteiger partial charge in [-0.2, -0.15) is 0 Å². The quantitative estimate of drug-likeness (QED) is 0.891. The minimum absolute atomic E-state index is 0.151. The molecule has 3 heteroatoms. The Morgan fingerprint density at radius 2 is 1.50 bits per heavy atom. The summed E-state index contributed by atoms with van der Waals surface area (Å²) in [5.41, 5.74) is 1.89. The molecule has 0 aliphatic carbocycles. The van der Waals surface area contributed by atoms with E-state index in [2.05, 4.69) is 12.2 Å². The van der Waals surface area contributed by atoms with Gasteiger partial charge in [0, 0.05) is 11.6 Å². The van der Waals surface area contributed by atoms with Gasteiger partial charge in [0.25, 0.3) is 0 Å². The maximum absolute atomic E-state index is 11.8. The third-order valence-corrected chi connectivity index (χ3v) is 3.34. The van der Waals surface area contributed by atoms with Gasteiger partial charge in [0.2, 0.25) is 0 Å². The summed E-state index contributed by atoms with van der Waals surface area (Å²) >= 11 is 0. The van der Waals surface area contributed by atoms with Crippen LogP contribution in [0.2, 0.25) is 0 Å². The maximum Gasteiger partial charge on any atom is 0.411 e. The largest absolute Gasteiger partial charge is 0.446 e. The average molecular weight is 269 g/mol. The van der Waals surface area contributed by atoms with Crippen molar-refractivity contribution < 1.29 is 9.53 Å². The molecule has 0 saturated carbocycles. The van der Waals surface area contributed by atoms with Crippen molar-refractivity contribution in [1.82, 2.24) is 0 Å². The minimum Gasteiger partial charge on any atom is -0.446 e. The highest BCUT2D eigenvalue weighted by Crippen LogP contribution is 2.21. The molecule has 3 nitrogen and oxygen atoms in total. The van der Waals surface area contributed by atoms with Crippen molar-refractivity contribution in [2.24, 2.45) is 0 Å². The van der Waals surface area contributed by atoms with Crippen LogP contribution in [0, 0.1) is 0 Å². The van der Waals surface area contributed by atoms with Gasteiger partial charge in [-0.1, -0.05) is 55.5 Å². The van der Waals surface area contributed by atoms with Gasteiger partial charge in [-0.15, -0.1) is 0 Å². The number of anilines is 1. The van der Waals surface area contributed by atoms with Crippen LogP contribution in [0.1, 0.15) is 25.3 Å². The predicted molar refractivity (Wildman–Crippen MR) is 80.9 cm³/mol. The van der Waals surface area contributed by atoms with E-state index in [0.29, 0.717) is 0 Å². The average Bonchev–Trinajstić information content (AvgIpc) is 2.48. The Hall–Kier alpha value is -2.29. The zero-order chi connectivity index (χ0) is 14.4. The third-order valence-electron chi connectivity index (χ3n) is 3.34. The topological polar surface area (TPSA) is 38.3 Å². The molecule has 0 spiro atoms. The van der Waals surface area contributed by atoms with E-state index in [1.54, 1.807) is 0 Å². The molecule has 0 saturated heterocycles. The van der Waals surface area contributed by atoms with E-state index < -0.39 is 6.09 Å². The van der Waals surface area contributed by atoms with E-state index >= 15 is 0 Å². The van der Waals surface area contributed by atoms with Crippen molar-refractivity contribution >= 4 is 11.8 Å². The molecule has 1 N–H and O–H groups in total. The van der Waals surface area contributed by atoms with E-state index in [1.807, 2.05) is 67.6 Å². The zero-order valence-corrected chi connectivity index (χ0v) is 11.7. The number of benzene rings is 2. The molecule has 0 aliphatic heterocycles. The molecule has 0 aromatic heterocycles. The van der Waals surface area contributed by atoms with Crippen molar-refractivity contribution in [3.8, 4) is 0 Å². The Bertz CT molecular complexity index is 539. The first-order chi connectivity index (χ1) is 9.66. The maximum atomic E-state index is 11.8. The second-order valence-electron chi connectivity index (χ2n) is 4.80.